The maximum atomic E-state index is 12.0. The second kappa shape index (κ2) is 5.28. The molecule has 0 aliphatic heterocycles. The Kier molecular flexibility index (Phi) is 3.31. The summed E-state index contributed by atoms with van der Waals surface area (Å²) in [6, 6.07) is 12.1. The van der Waals surface area contributed by atoms with Crippen molar-refractivity contribution in [1.82, 2.24) is 5.16 Å². The zero-order chi connectivity index (χ0) is 14.8. The molecule has 2 N–H and O–H groups in total. The van der Waals surface area contributed by atoms with Crippen LogP contribution in [-0.4, -0.2) is 16.2 Å². The summed E-state index contributed by atoms with van der Waals surface area (Å²) >= 11 is 0. The summed E-state index contributed by atoms with van der Waals surface area (Å²) < 4.78 is 5.20. The van der Waals surface area contributed by atoms with Crippen LogP contribution in [0, 0.1) is 6.92 Å². The standard InChI is InChI=1S/C16H14N2O3/c1-10-5-6-15-13(7-10)14(18-21-15)9-16(20)17-11-3-2-4-12(19)8-11/h2-8,19H,9H2,1H3,(H,17,20). The molecule has 0 radical (unpaired) electrons. The van der Waals surface area contributed by atoms with Gasteiger partial charge in [0, 0.05) is 17.1 Å². The molecule has 2 aromatic carbocycles. The van der Waals surface area contributed by atoms with Crippen molar-refractivity contribution in [1.29, 1.82) is 0 Å². The smallest absolute Gasteiger partial charge is 0.230 e. The average Bonchev–Trinajstić information content (AvgIpc) is 2.81. The Morgan fingerprint density at radius 3 is 2.95 bits per heavy atom. The third-order valence-electron chi connectivity index (χ3n) is 3.16. The van der Waals surface area contributed by atoms with Gasteiger partial charge in [0.25, 0.3) is 0 Å². The van der Waals surface area contributed by atoms with Crippen molar-refractivity contribution in [2.45, 2.75) is 13.3 Å². The van der Waals surface area contributed by atoms with Gasteiger partial charge in [-0.25, -0.2) is 0 Å². The summed E-state index contributed by atoms with van der Waals surface area (Å²) in [6.07, 6.45) is 0.117. The molecule has 1 amide bonds. The van der Waals surface area contributed by atoms with Crippen LogP contribution in [-0.2, 0) is 11.2 Å². The van der Waals surface area contributed by atoms with E-state index in [0.29, 0.717) is 17.0 Å². The number of nitrogens with one attached hydrogen (secondary N) is 1. The number of aromatic hydroxyl groups is 1. The van der Waals surface area contributed by atoms with E-state index in [0.717, 1.165) is 10.9 Å². The van der Waals surface area contributed by atoms with E-state index in [1.165, 1.54) is 6.07 Å². The van der Waals surface area contributed by atoms with Crippen molar-refractivity contribution in [3.63, 3.8) is 0 Å². The van der Waals surface area contributed by atoms with Crippen molar-refractivity contribution in [2.75, 3.05) is 5.32 Å². The lowest BCUT2D eigenvalue weighted by Crippen LogP contribution is -2.14. The van der Waals surface area contributed by atoms with E-state index in [9.17, 15) is 9.90 Å². The first-order chi connectivity index (χ1) is 10.1. The second-order valence-electron chi connectivity index (χ2n) is 4.90. The number of anilines is 1. The Labute approximate surface area is 121 Å². The highest BCUT2D eigenvalue weighted by molar-refractivity contribution is 5.94. The Bertz CT molecular complexity index is 808. The van der Waals surface area contributed by atoms with Gasteiger partial charge in [0.15, 0.2) is 5.58 Å². The van der Waals surface area contributed by atoms with Crippen LogP contribution in [0.1, 0.15) is 11.3 Å². The first kappa shape index (κ1) is 13.2. The Morgan fingerprint density at radius 2 is 2.14 bits per heavy atom. The lowest BCUT2D eigenvalue weighted by molar-refractivity contribution is -0.115. The number of benzene rings is 2. The molecule has 5 heteroatoms. The predicted molar refractivity (Wildman–Crippen MR) is 79.2 cm³/mol. The summed E-state index contributed by atoms with van der Waals surface area (Å²) in [4.78, 5) is 12.0. The lowest BCUT2D eigenvalue weighted by Gasteiger charge is -2.04. The predicted octanol–water partition coefficient (Wildman–Crippen LogP) is 3.02. The number of carbonyl (C=O) groups is 1. The molecule has 0 bridgehead atoms. The summed E-state index contributed by atoms with van der Waals surface area (Å²) in [5.74, 6) is -0.104. The van der Waals surface area contributed by atoms with Gasteiger partial charge < -0.3 is 14.9 Å². The van der Waals surface area contributed by atoms with Gasteiger partial charge >= 0.3 is 0 Å². The fourth-order valence-corrected chi connectivity index (χ4v) is 2.17. The number of nitrogens with zero attached hydrogens (tertiary/aromatic N) is 1. The molecule has 0 atom stereocenters. The molecule has 21 heavy (non-hydrogen) atoms. The molecule has 0 saturated carbocycles. The van der Waals surface area contributed by atoms with Crippen molar-refractivity contribution < 1.29 is 14.4 Å². The van der Waals surface area contributed by atoms with Crippen LogP contribution in [0.5, 0.6) is 5.75 Å². The van der Waals surface area contributed by atoms with Gasteiger partial charge in [-0.05, 0) is 31.2 Å². The average molecular weight is 282 g/mol. The van der Waals surface area contributed by atoms with Gasteiger partial charge in [-0.2, -0.15) is 0 Å². The highest BCUT2D eigenvalue weighted by Gasteiger charge is 2.12. The second-order valence-corrected chi connectivity index (χ2v) is 4.90. The van der Waals surface area contributed by atoms with Gasteiger partial charge in [-0.15, -0.1) is 0 Å². The Balaban J connectivity index is 1.79. The maximum Gasteiger partial charge on any atom is 0.230 e. The fraction of sp³-hybridized carbons (Fsp3) is 0.125. The summed E-state index contributed by atoms with van der Waals surface area (Å²) in [5.41, 5.74) is 2.90. The van der Waals surface area contributed by atoms with Crippen LogP contribution < -0.4 is 5.32 Å². The number of carbonyl (C=O) groups excluding carboxylic acids is 1. The Hall–Kier alpha value is -2.82. The molecular formula is C16H14N2O3. The minimum Gasteiger partial charge on any atom is -0.508 e. The van der Waals surface area contributed by atoms with Crippen LogP contribution in [0.4, 0.5) is 5.69 Å². The van der Waals surface area contributed by atoms with E-state index in [1.807, 2.05) is 25.1 Å². The molecule has 0 saturated heterocycles. The van der Waals surface area contributed by atoms with Crippen molar-refractivity contribution in [2.24, 2.45) is 0 Å². The number of rotatable bonds is 3. The summed E-state index contributed by atoms with van der Waals surface area (Å²) in [6.45, 7) is 1.98. The van der Waals surface area contributed by atoms with Gasteiger partial charge in [0.2, 0.25) is 5.91 Å². The Morgan fingerprint density at radius 1 is 1.29 bits per heavy atom. The van der Waals surface area contributed by atoms with Crippen molar-refractivity contribution in [3.8, 4) is 5.75 Å². The molecule has 0 aliphatic rings. The third-order valence-corrected chi connectivity index (χ3v) is 3.16. The zero-order valence-corrected chi connectivity index (χ0v) is 11.5. The molecule has 1 heterocycles. The minimum absolute atomic E-state index is 0.107. The third kappa shape index (κ3) is 2.86. The minimum atomic E-state index is -0.211. The monoisotopic (exact) mass is 282 g/mol. The highest BCUT2D eigenvalue weighted by Crippen LogP contribution is 2.21. The number of aryl methyl sites for hydroxylation is 1. The van der Waals surface area contributed by atoms with Crippen molar-refractivity contribution >= 4 is 22.6 Å². The topological polar surface area (TPSA) is 75.4 Å². The summed E-state index contributed by atoms with van der Waals surface area (Å²) in [5, 5.41) is 16.9. The number of fused-ring (bicyclic) bond motifs is 1. The van der Waals surface area contributed by atoms with E-state index >= 15 is 0 Å². The number of amides is 1. The number of aromatic nitrogens is 1. The number of hydrogen-bond acceptors (Lipinski definition) is 4. The molecular weight excluding hydrogens is 268 g/mol. The molecule has 5 nitrogen and oxygen atoms in total. The van der Waals surface area contributed by atoms with Gasteiger partial charge in [0.05, 0.1) is 6.42 Å². The highest BCUT2D eigenvalue weighted by atomic mass is 16.5. The molecule has 3 aromatic rings. The lowest BCUT2D eigenvalue weighted by atomic mass is 10.1. The normalized spacial score (nSPS) is 10.7. The first-order valence-corrected chi connectivity index (χ1v) is 6.55. The molecule has 0 unspecified atom stereocenters. The molecule has 106 valence electrons. The molecule has 0 fully saturated rings. The van der Waals surface area contributed by atoms with E-state index in [2.05, 4.69) is 10.5 Å². The van der Waals surface area contributed by atoms with Gasteiger partial charge in [-0.1, -0.05) is 22.9 Å². The number of hydrogen-bond donors (Lipinski definition) is 2. The van der Waals surface area contributed by atoms with Crippen LogP contribution in [0.25, 0.3) is 11.0 Å². The van der Waals surface area contributed by atoms with E-state index < -0.39 is 0 Å². The van der Waals surface area contributed by atoms with E-state index in [1.54, 1.807) is 18.2 Å². The zero-order valence-electron chi connectivity index (χ0n) is 11.5. The molecule has 3 rings (SSSR count). The van der Waals surface area contributed by atoms with E-state index in [4.69, 9.17) is 4.52 Å². The quantitative estimate of drug-likeness (QED) is 0.774. The molecule has 1 aromatic heterocycles. The summed E-state index contributed by atoms with van der Waals surface area (Å²) in [7, 11) is 0. The van der Waals surface area contributed by atoms with Crippen LogP contribution in [0.3, 0.4) is 0 Å². The molecule has 0 spiro atoms. The fourth-order valence-electron chi connectivity index (χ4n) is 2.17. The largest absolute Gasteiger partial charge is 0.508 e. The number of phenols is 1. The van der Waals surface area contributed by atoms with Crippen LogP contribution in [0.2, 0.25) is 0 Å². The van der Waals surface area contributed by atoms with E-state index in [-0.39, 0.29) is 18.1 Å². The van der Waals surface area contributed by atoms with Gasteiger partial charge in [0.1, 0.15) is 11.4 Å². The van der Waals surface area contributed by atoms with Crippen LogP contribution >= 0.6 is 0 Å². The van der Waals surface area contributed by atoms with Gasteiger partial charge in [-0.3, -0.25) is 4.79 Å². The SMILES string of the molecule is Cc1ccc2onc(CC(=O)Nc3cccc(O)c3)c2c1. The molecule has 0 aliphatic carbocycles. The van der Waals surface area contributed by atoms with Crippen LogP contribution in [0.15, 0.2) is 47.0 Å². The van der Waals surface area contributed by atoms with Crippen molar-refractivity contribution in [3.05, 3.63) is 53.7 Å². The first-order valence-electron chi connectivity index (χ1n) is 6.55. The number of phenolic OH excluding ortho intramolecular Hbond substituents is 1. The maximum absolute atomic E-state index is 12.0.